The maximum absolute atomic E-state index is 12.0. The number of ether oxygens (including phenoxy) is 1. The third-order valence-corrected chi connectivity index (χ3v) is 4.96. The zero-order chi connectivity index (χ0) is 18.7. The fourth-order valence-electron chi connectivity index (χ4n) is 3.26. The van der Waals surface area contributed by atoms with E-state index in [9.17, 15) is 4.79 Å². The second-order valence-electron chi connectivity index (χ2n) is 7.77. The van der Waals surface area contributed by atoms with E-state index in [1.54, 1.807) is 0 Å². The molecule has 0 amide bonds. The third-order valence-electron chi connectivity index (χ3n) is 4.96. The summed E-state index contributed by atoms with van der Waals surface area (Å²) in [5, 5.41) is 3.16. The lowest BCUT2D eigenvalue weighted by atomic mass is 9.95. The van der Waals surface area contributed by atoms with Gasteiger partial charge in [-0.15, -0.1) is 0 Å². The van der Waals surface area contributed by atoms with E-state index < -0.39 is 0 Å². The van der Waals surface area contributed by atoms with Gasteiger partial charge in [0, 0.05) is 31.0 Å². The molecule has 0 saturated carbocycles. The SMILES string of the molecule is Cc1cc(C)c(Cc2ccc(C(C)C)cc2)c(OCC(=O)CC2CN2)c1. The Morgan fingerprint density at radius 3 is 2.50 bits per heavy atom. The van der Waals surface area contributed by atoms with Gasteiger partial charge in [0.1, 0.15) is 12.4 Å². The highest BCUT2D eigenvalue weighted by atomic mass is 16.5. The van der Waals surface area contributed by atoms with Crippen LogP contribution in [-0.2, 0) is 11.2 Å². The minimum atomic E-state index is 0.153. The molecular formula is C23H29NO2. The Morgan fingerprint density at radius 2 is 1.88 bits per heavy atom. The fourth-order valence-corrected chi connectivity index (χ4v) is 3.26. The predicted molar refractivity (Wildman–Crippen MR) is 106 cm³/mol. The van der Waals surface area contributed by atoms with Gasteiger partial charge in [0.15, 0.2) is 5.78 Å². The summed E-state index contributed by atoms with van der Waals surface area (Å²) >= 11 is 0. The minimum absolute atomic E-state index is 0.153. The van der Waals surface area contributed by atoms with Crippen LogP contribution in [0.4, 0.5) is 0 Å². The molecule has 0 aromatic heterocycles. The first kappa shape index (κ1) is 18.7. The monoisotopic (exact) mass is 351 g/mol. The van der Waals surface area contributed by atoms with Crippen molar-refractivity contribution in [2.24, 2.45) is 0 Å². The summed E-state index contributed by atoms with van der Waals surface area (Å²) in [6.45, 7) is 9.70. The van der Waals surface area contributed by atoms with Crippen molar-refractivity contribution in [1.29, 1.82) is 0 Å². The number of carbonyl (C=O) groups is 1. The van der Waals surface area contributed by atoms with Crippen LogP contribution in [0.2, 0.25) is 0 Å². The smallest absolute Gasteiger partial charge is 0.171 e. The van der Waals surface area contributed by atoms with Crippen LogP contribution < -0.4 is 10.1 Å². The van der Waals surface area contributed by atoms with Gasteiger partial charge in [-0.05, 0) is 48.1 Å². The van der Waals surface area contributed by atoms with E-state index in [2.05, 4.69) is 63.3 Å². The molecule has 26 heavy (non-hydrogen) atoms. The average molecular weight is 351 g/mol. The molecule has 3 rings (SSSR count). The van der Waals surface area contributed by atoms with Crippen molar-refractivity contribution in [3.63, 3.8) is 0 Å². The van der Waals surface area contributed by atoms with Gasteiger partial charge in [-0.3, -0.25) is 4.79 Å². The van der Waals surface area contributed by atoms with Crippen molar-refractivity contribution in [3.8, 4) is 5.75 Å². The van der Waals surface area contributed by atoms with Crippen LogP contribution in [0.5, 0.6) is 5.75 Å². The molecule has 0 radical (unpaired) electrons. The lowest BCUT2D eigenvalue weighted by Gasteiger charge is -2.16. The van der Waals surface area contributed by atoms with Crippen molar-refractivity contribution in [3.05, 3.63) is 64.2 Å². The van der Waals surface area contributed by atoms with Crippen LogP contribution >= 0.6 is 0 Å². The van der Waals surface area contributed by atoms with Crippen molar-refractivity contribution in [1.82, 2.24) is 5.32 Å². The highest BCUT2D eigenvalue weighted by Gasteiger charge is 2.23. The van der Waals surface area contributed by atoms with Gasteiger partial charge in [-0.25, -0.2) is 0 Å². The van der Waals surface area contributed by atoms with Crippen LogP contribution in [0, 0.1) is 13.8 Å². The molecule has 3 heteroatoms. The molecule has 0 spiro atoms. The van der Waals surface area contributed by atoms with Crippen LogP contribution in [0.15, 0.2) is 36.4 Å². The first-order chi connectivity index (χ1) is 12.4. The molecule has 1 saturated heterocycles. The molecule has 1 heterocycles. The first-order valence-corrected chi connectivity index (χ1v) is 9.49. The molecule has 1 atom stereocenters. The Balaban J connectivity index is 1.75. The molecule has 0 bridgehead atoms. The number of benzene rings is 2. The summed E-state index contributed by atoms with van der Waals surface area (Å²) in [6, 6.07) is 13.4. The molecular weight excluding hydrogens is 322 g/mol. The van der Waals surface area contributed by atoms with E-state index >= 15 is 0 Å². The Morgan fingerprint density at radius 1 is 1.19 bits per heavy atom. The summed E-state index contributed by atoms with van der Waals surface area (Å²) in [7, 11) is 0. The van der Waals surface area contributed by atoms with E-state index in [1.807, 2.05) is 6.07 Å². The van der Waals surface area contributed by atoms with Crippen LogP contribution in [0.3, 0.4) is 0 Å². The number of hydrogen-bond donors (Lipinski definition) is 1. The summed E-state index contributed by atoms with van der Waals surface area (Å²) < 4.78 is 5.95. The van der Waals surface area contributed by atoms with Gasteiger partial charge in [0.25, 0.3) is 0 Å². The number of aryl methyl sites for hydroxylation is 2. The summed E-state index contributed by atoms with van der Waals surface area (Å²) in [6.07, 6.45) is 1.38. The number of hydrogen-bond acceptors (Lipinski definition) is 3. The van der Waals surface area contributed by atoms with Crippen molar-refractivity contribution in [2.45, 2.75) is 52.5 Å². The van der Waals surface area contributed by atoms with Gasteiger partial charge in [-0.1, -0.05) is 44.2 Å². The van der Waals surface area contributed by atoms with Gasteiger partial charge >= 0.3 is 0 Å². The highest BCUT2D eigenvalue weighted by molar-refractivity contribution is 5.81. The van der Waals surface area contributed by atoms with Gasteiger partial charge in [-0.2, -0.15) is 0 Å². The van der Waals surface area contributed by atoms with Crippen LogP contribution in [0.25, 0.3) is 0 Å². The zero-order valence-electron chi connectivity index (χ0n) is 16.3. The zero-order valence-corrected chi connectivity index (χ0v) is 16.3. The fraction of sp³-hybridized carbons (Fsp3) is 0.435. The summed E-state index contributed by atoms with van der Waals surface area (Å²) in [4.78, 5) is 12.0. The number of ketones is 1. The first-order valence-electron chi connectivity index (χ1n) is 9.49. The molecule has 2 aromatic rings. The van der Waals surface area contributed by atoms with E-state index in [4.69, 9.17) is 4.74 Å². The molecule has 138 valence electrons. The molecule has 1 N–H and O–H groups in total. The Kier molecular flexibility index (Phi) is 5.77. The summed E-state index contributed by atoms with van der Waals surface area (Å²) in [5.74, 6) is 1.54. The molecule has 1 unspecified atom stereocenters. The number of rotatable bonds is 8. The number of Topliss-reactive ketones (excluding diaryl/α,β-unsaturated/α-hetero) is 1. The maximum Gasteiger partial charge on any atom is 0.171 e. The maximum atomic E-state index is 12.0. The lowest BCUT2D eigenvalue weighted by molar-refractivity contribution is -0.121. The number of carbonyl (C=O) groups excluding carboxylic acids is 1. The normalized spacial score (nSPS) is 16.0. The highest BCUT2D eigenvalue weighted by Crippen LogP contribution is 2.28. The molecule has 2 aromatic carbocycles. The summed E-state index contributed by atoms with van der Waals surface area (Å²) in [5.41, 5.74) is 6.16. The van der Waals surface area contributed by atoms with Crippen LogP contribution in [-0.4, -0.2) is 25.0 Å². The van der Waals surface area contributed by atoms with Crippen molar-refractivity contribution in [2.75, 3.05) is 13.2 Å². The lowest BCUT2D eigenvalue weighted by Crippen LogP contribution is -2.15. The second-order valence-corrected chi connectivity index (χ2v) is 7.77. The standard InChI is InChI=1S/C23H29NO2/c1-15(2)19-7-5-18(6-8-19)11-22-17(4)9-16(3)10-23(22)26-14-21(25)12-20-13-24-20/h5-10,15,20,24H,11-14H2,1-4H3. The van der Waals surface area contributed by atoms with Gasteiger partial charge < -0.3 is 10.1 Å². The number of nitrogens with one attached hydrogen (secondary N) is 1. The van der Waals surface area contributed by atoms with Gasteiger partial charge in [0.05, 0.1) is 0 Å². The van der Waals surface area contributed by atoms with E-state index in [0.29, 0.717) is 18.4 Å². The second kappa shape index (κ2) is 8.05. The average Bonchev–Trinajstić information content (AvgIpc) is 3.40. The van der Waals surface area contributed by atoms with E-state index in [-0.39, 0.29) is 12.4 Å². The third kappa shape index (κ3) is 4.95. The van der Waals surface area contributed by atoms with Crippen LogP contribution in [0.1, 0.15) is 54.0 Å². The molecule has 0 aliphatic carbocycles. The Bertz CT molecular complexity index is 774. The topological polar surface area (TPSA) is 48.2 Å². The minimum Gasteiger partial charge on any atom is -0.486 e. The molecule has 1 aliphatic heterocycles. The van der Waals surface area contributed by atoms with E-state index in [0.717, 1.165) is 24.3 Å². The molecule has 3 nitrogen and oxygen atoms in total. The molecule has 1 fully saturated rings. The Hall–Kier alpha value is -2.13. The predicted octanol–water partition coefficient (Wildman–Crippen LogP) is 4.33. The quantitative estimate of drug-likeness (QED) is 0.720. The molecule has 1 aliphatic rings. The van der Waals surface area contributed by atoms with Gasteiger partial charge in [0.2, 0.25) is 0 Å². The largest absolute Gasteiger partial charge is 0.486 e. The van der Waals surface area contributed by atoms with Crippen molar-refractivity contribution < 1.29 is 9.53 Å². The van der Waals surface area contributed by atoms with E-state index in [1.165, 1.54) is 22.3 Å². The van der Waals surface area contributed by atoms with Crippen molar-refractivity contribution >= 4 is 5.78 Å². The Labute approximate surface area is 156 Å².